The summed E-state index contributed by atoms with van der Waals surface area (Å²) in [6, 6.07) is 16.9. The summed E-state index contributed by atoms with van der Waals surface area (Å²) in [5.74, 6) is -0.164. The summed E-state index contributed by atoms with van der Waals surface area (Å²) in [6.45, 7) is 0.421. The number of hydrogen-bond acceptors (Lipinski definition) is 2. The van der Waals surface area contributed by atoms with Gasteiger partial charge >= 0.3 is 6.03 Å². The van der Waals surface area contributed by atoms with Gasteiger partial charge in [-0.25, -0.2) is 4.79 Å². The Morgan fingerprint density at radius 1 is 1.00 bits per heavy atom. The summed E-state index contributed by atoms with van der Waals surface area (Å²) in [5, 5.41) is 0. The maximum atomic E-state index is 12.5. The average molecular weight is 392 g/mol. The molecule has 2 aromatic carbocycles. The zero-order chi connectivity index (χ0) is 14.8. The molecule has 5 heteroatoms. The Morgan fingerprint density at radius 2 is 1.76 bits per heavy atom. The zero-order valence-electron chi connectivity index (χ0n) is 11.2. The molecule has 21 heavy (non-hydrogen) atoms. The number of hydrogen-bond donors (Lipinski definition) is 0. The number of carbonyl (C=O) groups is 2. The minimum atomic E-state index is -0.258. The van der Waals surface area contributed by atoms with Crippen molar-refractivity contribution in [2.24, 2.45) is 0 Å². The van der Waals surface area contributed by atoms with Crippen LogP contribution in [0.4, 0.5) is 10.5 Å². The summed E-state index contributed by atoms with van der Waals surface area (Å²) in [5.41, 5.74) is 1.71. The Bertz CT molecular complexity index is 688. The Labute approximate surface area is 136 Å². The van der Waals surface area contributed by atoms with Crippen LogP contribution in [-0.4, -0.2) is 23.4 Å². The van der Waals surface area contributed by atoms with Crippen LogP contribution < -0.4 is 4.90 Å². The first kappa shape index (κ1) is 14.1. The van der Waals surface area contributed by atoms with Crippen LogP contribution in [0.3, 0.4) is 0 Å². The number of halogens is 1. The normalized spacial score (nSPS) is 14.9. The minimum absolute atomic E-state index is 0.103. The van der Waals surface area contributed by atoms with Crippen LogP contribution in [0.25, 0.3) is 0 Å². The first-order chi connectivity index (χ1) is 10.1. The first-order valence-corrected chi connectivity index (χ1v) is 7.64. The van der Waals surface area contributed by atoms with Crippen molar-refractivity contribution in [1.82, 2.24) is 4.90 Å². The van der Waals surface area contributed by atoms with E-state index >= 15 is 0 Å². The van der Waals surface area contributed by atoms with E-state index in [0.717, 1.165) is 14.8 Å². The fourth-order valence-electron chi connectivity index (χ4n) is 2.31. The van der Waals surface area contributed by atoms with Gasteiger partial charge in [-0.2, -0.15) is 0 Å². The molecule has 1 aliphatic heterocycles. The lowest BCUT2D eigenvalue weighted by molar-refractivity contribution is -0.125. The molecule has 0 N–H and O–H groups in total. The fourth-order valence-corrected chi connectivity index (χ4v) is 2.83. The van der Waals surface area contributed by atoms with Crippen molar-refractivity contribution in [2.75, 3.05) is 11.4 Å². The second-order valence-electron chi connectivity index (χ2n) is 4.81. The van der Waals surface area contributed by atoms with Gasteiger partial charge in [-0.3, -0.25) is 14.6 Å². The van der Waals surface area contributed by atoms with E-state index in [1.54, 1.807) is 0 Å². The van der Waals surface area contributed by atoms with Gasteiger partial charge < -0.3 is 0 Å². The van der Waals surface area contributed by atoms with Gasteiger partial charge in [-0.15, -0.1) is 0 Å². The topological polar surface area (TPSA) is 40.6 Å². The van der Waals surface area contributed by atoms with Gasteiger partial charge in [-0.05, 0) is 46.4 Å². The standard InChI is InChI=1S/C16H13IN2O2/c17-13-7-4-8-14(9-13)18-11-15(20)19(16(18)21)10-12-5-2-1-3-6-12/h1-9H,10-11H2. The van der Waals surface area contributed by atoms with Crippen molar-refractivity contribution in [3.8, 4) is 0 Å². The van der Waals surface area contributed by atoms with Gasteiger partial charge in [0, 0.05) is 9.26 Å². The van der Waals surface area contributed by atoms with E-state index in [-0.39, 0.29) is 18.5 Å². The highest BCUT2D eigenvalue weighted by Crippen LogP contribution is 2.23. The summed E-state index contributed by atoms with van der Waals surface area (Å²) in [7, 11) is 0. The second kappa shape index (κ2) is 5.85. The van der Waals surface area contributed by atoms with E-state index in [4.69, 9.17) is 0 Å². The van der Waals surface area contributed by atoms with Gasteiger partial charge in [0.05, 0.1) is 6.54 Å². The molecule has 0 atom stereocenters. The number of rotatable bonds is 3. The predicted octanol–water partition coefficient (Wildman–Crippen LogP) is 3.26. The quantitative estimate of drug-likeness (QED) is 0.595. The number of amides is 3. The van der Waals surface area contributed by atoms with Gasteiger partial charge in [0.1, 0.15) is 6.54 Å². The Hall–Kier alpha value is -1.89. The van der Waals surface area contributed by atoms with Crippen molar-refractivity contribution < 1.29 is 9.59 Å². The van der Waals surface area contributed by atoms with E-state index in [0.29, 0.717) is 6.54 Å². The molecule has 3 rings (SSSR count). The molecule has 0 aliphatic carbocycles. The van der Waals surface area contributed by atoms with E-state index in [1.165, 1.54) is 9.80 Å². The molecule has 106 valence electrons. The van der Waals surface area contributed by atoms with Gasteiger partial charge in [0.15, 0.2) is 0 Å². The smallest absolute Gasteiger partial charge is 0.284 e. The number of anilines is 1. The van der Waals surface area contributed by atoms with Crippen molar-refractivity contribution in [3.05, 3.63) is 63.7 Å². The molecule has 0 saturated carbocycles. The van der Waals surface area contributed by atoms with Crippen molar-refractivity contribution in [1.29, 1.82) is 0 Å². The monoisotopic (exact) mass is 392 g/mol. The van der Waals surface area contributed by atoms with E-state index in [9.17, 15) is 9.59 Å². The zero-order valence-corrected chi connectivity index (χ0v) is 13.4. The molecule has 0 unspecified atom stereocenters. The predicted molar refractivity (Wildman–Crippen MR) is 88.9 cm³/mol. The number of carbonyl (C=O) groups excluding carboxylic acids is 2. The fraction of sp³-hybridized carbons (Fsp3) is 0.125. The van der Waals surface area contributed by atoms with E-state index in [1.807, 2.05) is 54.6 Å². The van der Waals surface area contributed by atoms with Crippen molar-refractivity contribution in [2.45, 2.75) is 6.54 Å². The molecule has 1 saturated heterocycles. The average Bonchev–Trinajstić information content (AvgIpc) is 2.76. The molecule has 1 aliphatic rings. The van der Waals surface area contributed by atoms with Gasteiger partial charge in [-0.1, -0.05) is 36.4 Å². The van der Waals surface area contributed by atoms with Crippen LogP contribution >= 0.6 is 22.6 Å². The molecule has 4 nitrogen and oxygen atoms in total. The lowest BCUT2D eigenvalue weighted by atomic mass is 10.2. The van der Waals surface area contributed by atoms with Crippen LogP contribution in [0.15, 0.2) is 54.6 Å². The highest BCUT2D eigenvalue weighted by atomic mass is 127. The molecular weight excluding hydrogens is 379 g/mol. The van der Waals surface area contributed by atoms with E-state index in [2.05, 4.69) is 22.6 Å². The summed E-state index contributed by atoms with van der Waals surface area (Å²) in [4.78, 5) is 27.4. The molecule has 2 aromatic rings. The highest BCUT2D eigenvalue weighted by Gasteiger charge is 2.36. The van der Waals surface area contributed by atoms with Gasteiger partial charge in [0.2, 0.25) is 0 Å². The molecule has 3 amide bonds. The van der Waals surface area contributed by atoms with Gasteiger partial charge in [0.25, 0.3) is 5.91 Å². The van der Waals surface area contributed by atoms with Crippen LogP contribution in [0, 0.1) is 3.57 Å². The van der Waals surface area contributed by atoms with Crippen LogP contribution in [0.5, 0.6) is 0 Å². The third-order valence-corrected chi connectivity index (χ3v) is 4.03. The number of nitrogens with zero attached hydrogens (tertiary/aromatic N) is 2. The largest absolute Gasteiger partial charge is 0.332 e. The maximum Gasteiger partial charge on any atom is 0.332 e. The maximum absolute atomic E-state index is 12.5. The molecule has 0 bridgehead atoms. The molecule has 1 heterocycles. The Balaban J connectivity index is 1.82. The molecule has 1 fully saturated rings. The van der Waals surface area contributed by atoms with Crippen LogP contribution in [-0.2, 0) is 11.3 Å². The summed E-state index contributed by atoms with van der Waals surface area (Å²) in [6.07, 6.45) is 0. The number of benzene rings is 2. The number of urea groups is 1. The minimum Gasteiger partial charge on any atom is -0.284 e. The summed E-state index contributed by atoms with van der Waals surface area (Å²) < 4.78 is 1.03. The van der Waals surface area contributed by atoms with Crippen molar-refractivity contribution in [3.63, 3.8) is 0 Å². The van der Waals surface area contributed by atoms with Crippen molar-refractivity contribution >= 4 is 40.2 Å². The SMILES string of the molecule is O=C1CN(c2cccc(I)c2)C(=O)N1Cc1ccccc1. The van der Waals surface area contributed by atoms with E-state index < -0.39 is 0 Å². The van der Waals surface area contributed by atoms with Crippen LogP contribution in [0.2, 0.25) is 0 Å². The Morgan fingerprint density at radius 3 is 2.48 bits per heavy atom. The lowest BCUT2D eigenvalue weighted by Gasteiger charge is -2.17. The number of imide groups is 1. The van der Waals surface area contributed by atoms with Crippen LogP contribution in [0.1, 0.15) is 5.56 Å². The molecule has 0 aromatic heterocycles. The third-order valence-electron chi connectivity index (χ3n) is 3.36. The first-order valence-electron chi connectivity index (χ1n) is 6.56. The third kappa shape index (κ3) is 2.92. The highest BCUT2D eigenvalue weighted by molar-refractivity contribution is 14.1. The lowest BCUT2D eigenvalue weighted by Crippen LogP contribution is -2.32. The Kier molecular flexibility index (Phi) is 3.92. The molecular formula is C16H13IN2O2. The molecule has 0 radical (unpaired) electrons. The second-order valence-corrected chi connectivity index (χ2v) is 6.06. The molecule has 0 spiro atoms. The summed E-state index contributed by atoms with van der Waals surface area (Å²) >= 11 is 2.19.